The Morgan fingerprint density at radius 2 is 2.27 bits per heavy atom. The molecule has 0 aliphatic heterocycles. The first-order chi connectivity index (χ1) is 7.24. The highest BCUT2D eigenvalue weighted by Gasteiger charge is 2.14. The van der Waals surface area contributed by atoms with E-state index < -0.39 is 0 Å². The summed E-state index contributed by atoms with van der Waals surface area (Å²) < 4.78 is 0. The molecule has 0 fully saturated rings. The van der Waals surface area contributed by atoms with Gasteiger partial charge in [0, 0.05) is 5.38 Å². The molecular weight excluding hydrogens is 204 g/mol. The Balaban J connectivity index is 2.37. The predicted molar refractivity (Wildman–Crippen MR) is 67.3 cm³/mol. The zero-order valence-electron chi connectivity index (χ0n) is 9.99. The van der Waals surface area contributed by atoms with Crippen LogP contribution in [0.1, 0.15) is 32.9 Å². The van der Waals surface area contributed by atoms with E-state index in [2.05, 4.69) is 36.5 Å². The molecule has 15 heavy (non-hydrogen) atoms. The molecule has 0 spiro atoms. The van der Waals surface area contributed by atoms with Crippen molar-refractivity contribution in [3.63, 3.8) is 0 Å². The number of hydrogen-bond acceptors (Lipinski definition) is 3. The van der Waals surface area contributed by atoms with E-state index >= 15 is 0 Å². The van der Waals surface area contributed by atoms with Crippen LogP contribution in [-0.2, 0) is 6.42 Å². The van der Waals surface area contributed by atoms with Crippen LogP contribution in [0.5, 0.6) is 0 Å². The SMILES string of the molecule is CCCNCC(Cc1cscn1)C(C)C. The molecule has 3 heteroatoms. The first kappa shape index (κ1) is 12.7. The summed E-state index contributed by atoms with van der Waals surface area (Å²) in [4.78, 5) is 4.36. The van der Waals surface area contributed by atoms with Gasteiger partial charge in [-0.25, -0.2) is 4.98 Å². The summed E-state index contributed by atoms with van der Waals surface area (Å²) in [7, 11) is 0. The van der Waals surface area contributed by atoms with Crippen LogP contribution < -0.4 is 5.32 Å². The number of hydrogen-bond donors (Lipinski definition) is 1. The summed E-state index contributed by atoms with van der Waals surface area (Å²) in [6.07, 6.45) is 2.32. The van der Waals surface area contributed by atoms with Gasteiger partial charge in [-0.1, -0.05) is 20.8 Å². The molecule has 0 aliphatic rings. The standard InChI is InChI=1S/C12H22N2S/c1-4-5-13-7-11(10(2)3)6-12-8-15-9-14-12/h8-11,13H,4-7H2,1-3H3. The van der Waals surface area contributed by atoms with Crippen molar-refractivity contribution in [3.8, 4) is 0 Å². The molecule has 1 unspecified atom stereocenters. The molecule has 0 amide bonds. The lowest BCUT2D eigenvalue weighted by Gasteiger charge is -2.20. The van der Waals surface area contributed by atoms with Crippen molar-refractivity contribution in [3.05, 3.63) is 16.6 Å². The molecule has 86 valence electrons. The third-order valence-electron chi connectivity index (χ3n) is 2.73. The van der Waals surface area contributed by atoms with E-state index in [0.717, 1.165) is 25.4 Å². The van der Waals surface area contributed by atoms with Crippen LogP contribution in [0.15, 0.2) is 10.9 Å². The second-order valence-electron chi connectivity index (χ2n) is 4.39. The van der Waals surface area contributed by atoms with E-state index in [1.54, 1.807) is 11.3 Å². The van der Waals surface area contributed by atoms with Gasteiger partial charge in [-0.2, -0.15) is 0 Å². The predicted octanol–water partition coefficient (Wildman–Crippen LogP) is 2.96. The second kappa shape index (κ2) is 6.96. The number of thiazole rings is 1. The molecule has 0 saturated carbocycles. The highest BCUT2D eigenvalue weighted by atomic mass is 32.1. The molecule has 1 aromatic heterocycles. The van der Waals surface area contributed by atoms with E-state index in [1.165, 1.54) is 12.1 Å². The Kier molecular flexibility index (Phi) is 5.88. The molecular formula is C12H22N2S. The van der Waals surface area contributed by atoms with Gasteiger partial charge in [0.05, 0.1) is 11.2 Å². The third-order valence-corrected chi connectivity index (χ3v) is 3.37. The summed E-state index contributed by atoms with van der Waals surface area (Å²) in [5.74, 6) is 1.43. The van der Waals surface area contributed by atoms with Crippen LogP contribution in [-0.4, -0.2) is 18.1 Å². The van der Waals surface area contributed by atoms with Crippen LogP contribution >= 0.6 is 11.3 Å². The van der Waals surface area contributed by atoms with Crippen molar-refractivity contribution in [1.29, 1.82) is 0 Å². The fourth-order valence-corrected chi connectivity index (χ4v) is 2.19. The molecule has 1 atom stereocenters. The Hall–Kier alpha value is -0.410. The van der Waals surface area contributed by atoms with Crippen LogP contribution in [0.2, 0.25) is 0 Å². The van der Waals surface area contributed by atoms with Gasteiger partial charge in [-0.3, -0.25) is 0 Å². The molecule has 2 nitrogen and oxygen atoms in total. The van der Waals surface area contributed by atoms with Gasteiger partial charge in [0.1, 0.15) is 0 Å². The van der Waals surface area contributed by atoms with Gasteiger partial charge in [0.25, 0.3) is 0 Å². The Bertz CT molecular complexity index is 244. The highest BCUT2D eigenvalue weighted by Crippen LogP contribution is 2.16. The summed E-state index contributed by atoms with van der Waals surface area (Å²) in [5.41, 5.74) is 3.17. The van der Waals surface area contributed by atoms with E-state index in [0.29, 0.717) is 5.92 Å². The molecule has 1 aromatic rings. The summed E-state index contributed by atoms with van der Waals surface area (Å²) in [6.45, 7) is 9.04. The number of aromatic nitrogens is 1. The first-order valence-corrected chi connectivity index (χ1v) is 6.76. The van der Waals surface area contributed by atoms with Gasteiger partial charge in [0.2, 0.25) is 0 Å². The summed E-state index contributed by atoms with van der Waals surface area (Å²) in [6, 6.07) is 0. The Morgan fingerprint density at radius 1 is 1.47 bits per heavy atom. The highest BCUT2D eigenvalue weighted by molar-refractivity contribution is 7.07. The topological polar surface area (TPSA) is 24.9 Å². The van der Waals surface area contributed by atoms with Gasteiger partial charge in [0.15, 0.2) is 0 Å². The fraction of sp³-hybridized carbons (Fsp3) is 0.750. The van der Waals surface area contributed by atoms with E-state index in [1.807, 2.05) is 5.51 Å². The monoisotopic (exact) mass is 226 g/mol. The van der Waals surface area contributed by atoms with Crippen molar-refractivity contribution < 1.29 is 0 Å². The third kappa shape index (κ3) is 4.76. The minimum Gasteiger partial charge on any atom is -0.316 e. The van der Waals surface area contributed by atoms with E-state index in [-0.39, 0.29) is 0 Å². The van der Waals surface area contributed by atoms with Gasteiger partial charge < -0.3 is 5.32 Å². The molecule has 0 aromatic carbocycles. The summed E-state index contributed by atoms with van der Waals surface area (Å²) >= 11 is 1.69. The molecule has 0 radical (unpaired) electrons. The van der Waals surface area contributed by atoms with Crippen LogP contribution in [0, 0.1) is 11.8 Å². The Morgan fingerprint density at radius 3 is 2.80 bits per heavy atom. The lowest BCUT2D eigenvalue weighted by atomic mass is 9.91. The average molecular weight is 226 g/mol. The zero-order chi connectivity index (χ0) is 11.1. The van der Waals surface area contributed by atoms with E-state index in [4.69, 9.17) is 0 Å². The van der Waals surface area contributed by atoms with Crippen LogP contribution in [0.4, 0.5) is 0 Å². The summed E-state index contributed by atoms with van der Waals surface area (Å²) in [5, 5.41) is 5.67. The van der Waals surface area contributed by atoms with E-state index in [9.17, 15) is 0 Å². The van der Waals surface area contributed by atoms with Gasteiger partial charge >= 0.3 is 0 Å². The lowest BCUT2D eigenvalue weighted by molar-refractivity contribution is 0.358. The normalized spacial score (nSPS) is 13.3. The van der Waals surface area contributed by atoms with Crippen molar-refractivity contribution in [2.45, 2.75) is 33.6 Å². The lowest BCUT2D eigenvalue weighted by Crippen LogP contribution is -2.28. The fourth-order valence-electron chi connectivity index (χ4n) is 1.61. The molecule has 0 saturated heterocycles. The number of nitrogens with zero attached hydrogens (tertiary/aromatic N) is 1. The molecule has 1 N–H and O–H groups in total. The minimum absolute atomic E-state index is 0.707. The zero-order valence-corrected chi connectivity index (χ0v) is 10.8. The average Bonchev–Trinajstić information content (AvgIpc) is 2.69. The number of nitrogens with one attached hydrogen (secondary N) is 1. The number of rotatable bonds is 7. The van der Waals surface area contributed by atoms with Gasteiger partial charge in [-0.15, -0.1) is 11.3 Å². The van der Waals surface area contributed by atoms with Crippen molar-refractivity contribution >= 4 is 11.3 Å². The Labute approximate surface area is 97.1 Å². The maximum absolute atomic E-state index is 4.36. The quantitative estimate of drug-likeness (QED) is 0.723. The van der Waals surface area contributed by atoms with Crippen LogP contribution in [0.25, 0.3) is 0 Å². The van der Waals surface area contributed by atoms with Gasteiger partial charge in [-0.05, 0) is 37.8 Å². The van der Waals surface area contributed by atoms with Crippen molar-refractivity contribution in [2.75, 3.05) is 13.1 Å². The molecule has 1 heterocycles. The second-order valence-corrected chi connectivity index (χ2v) is 5.11. The van der Waals surface area contributed by atoms with Crippen molar-refractivity contribution in [1.82, 2.24) is 10.3 Å². The first-order valence-electron chi connectivity index (χ1n) is 5.81. The smallest absolute Gasteiger partial charge is 0.0794 e. The molecule has 0 bridgehead atoms. The van der Waals surface area contributed by atoms with Crippen LogP contribution in [0.3, 0.4) is 0 Å². The minimum atomic E-state index is 0.707. The maximum Gasteiger partial charge on any atom is 0.0794 e. The van der Waals surface area contributed by atoms with Crippen molar-refractivity contribution in [2.24, 2.45) is 11.8 Å². The maximum atomic E-state index is 4.36. The molecule has 0 aliphatic carbocycles. The largest absolute Gasteiger partial charge is 0.316 e. The molecule has 1 rings (SSSR count).